The lowest BCUT2D eigenvalue weighted by molar-refractivity contribution is -0.144. The molecule has 2 aromatic rings. The number of carboxylic acids is 1. The number of carboxylic acid groups (broad SMARTS) is 1. The lowest BCUT2D eigenvalue weighted by atomic mass is 9.96. The molecule has 1 fully saturated rings. The minimum Gasteiger partial charge on any atom is -0.480 e. The molecule has 1 heterocycles. The average Bonchev–Trinajstić information content (AvgIpc) is 3.29. The number of nitrogens with zero attached hydrogens (tertiary/aromatic N) is 1. The van der Waals surface area contributed by atoms with Gasteiger partial charge in [0, 0.05) is 5.56 Å². The molecule has 2 aromatic carbocycles. The van der Waals surface area contributed by atoms with Gasteiger partial charge in [-0.2, -0.15) is 0 Å². The number of imide groups is 1. The molecule has 0 unspecified atom stereocenters. The molecule has 3 amide bonds. The highest BCUT2D eigenvalue weighted by Gasteiger charge is 2.43. The highest BCUT2D eigenvalue weighted by molar-refractivity contribution is 6.22. The van der Waals surface area contributed by atoms with Crippen LogP contribution in [0.25, 0.3) is 0 Å². The predicted molar refractivity (Wildman–Crippen MR) is 103 cm³/mol. The van der Waals surface area contributed by atoms with E-state index in [9.17, 15) is 24.3 Å². The minimum atomic E-state index is -1.27. The van der Waals surface area contributed by atoms with E-state index in [1.54, 1.807) is 0 Å². The first-order valence-electron chi connectivity index (χ1n) is 9.51. The molecule has 0 spiro atoms. The first-order valence-corrected chi connectivity index (χ1v) is 9.51. The summed E-state index contributed by atoms with van der Waals surface area (Å²) in [7, 11) is 0. The van der Waals surface area contributed by atoms with Crippen molar-refractivity contribution in [2.24, 2.45) is 0 Å². The van der Waals surface area contributed by atoms with Crippen molar-refractivity contribution in [2.45, 2.75) is 37.8 Å². The Morgan fingerprint density at radius 1 is 0.966 bits per heavy atom. The van der Waals surface area contributed by atoms with Crippen LogP contribution in [0.1, 0.15) is 62.3 Å². The Hall–Kier alpha value is -3.48. The fraction of sp³-hybridized carbons (Fsp3) is 0.273. The van der Waals surface area contributed by atoms with Crippen molar-refractivity contribution < 1.29 is 24.3 Å². The first-order chi connectivity index (χ1) is 13.9. The van der Waals surface area contributed by atoms with Gasteiger partial charge in [-0.3, -0.25) is 19.3 Å². The second-order valence-corrected chi connectivity index (χ2v) is 7.49. The fourth-order valence-electron chi connectivity index (χ4n) is 4.00. The summed E-state index contributed by atoms with van der Waals surface area (Å²) >= 11 is 0. The smallest absolute Gasteiger partial charge is 0.329 e. The molecular formula is C22H20N2O5. The molecule has 148 valence electrons. The number of fused-ring (bicyclic) bond motifs is 1. The second kappa shape index (κ2) is 7.16. The number of aliphatic carboxylic acids is 1. The predicted octanol–water partition coefficient (Wildman–Crippen LogP) is 2.61. The number of amides is 3. The number of carbonyl (C=O) groups is 4. The van der Waals surface area contributed by atoms with Crippen LogP contribution in [0.5, 0.6) is 0 Å². The van der Waals surface area contributed by atoms with Crippen LogP contribution in [-0.2, 0) is 11.3 Å². The van der Waals surface area contributed by atoms with Crippen LogP contribution in [-0.4, -0.2) is 39.2 Å². The topological polar surface area (TPSA) is 104 Å². The molecule has 0 bridgehead atoms. The number of benzene rings is 2. The summed E-state index contributed by atoms with van der Waals surface area (Å²) in [5.41, 5.74) is 0.129. The Morgan fingerprint density at radius 2 is 1.62 bits per heavy atom. The van der Waals surface area contributed by atoms with E-state index in [2.05, 4.69) is 5.32 Å². The van der Waals surface area contributed by atoms with Gasteiger partial charge in [0.15, 0.2) is 0 Å². The summed E-state index contributed by atoms with van der Waals surface area (Å²) in [6.07, 6.45) is 2.22. The molecule has 29 heavy (non-hydrogen) atoms. The van der Waals surface area contributed by atoms with E-state index in [-0.39, 0.29) is 23.2 Å². The van der Waals surface area contributed by atoms with Gasteiger partial charge >= 0.3 is 5.97 Å². The zero-order chi connectivity index (χ0) is 20.6. The Balaban J connectivity index is 1.57. The van der Waals surface area contributed by atoms with Gasteiger partial charge in [-0.25, -0.2) is 4.79 Å². The van der Waals surface area contributed by atoms with Crippen molar-refractivity contribution in [3.63, 3.8) is 0 Å². The summed E-state index contributed by atoms with van der Waals surface area (Å²) in [5.74, 6) is -2.47. The molecule has 0 saturated heterocycles. The molecule has 0 atom stereocenters. The van der Waals surface area contributed by atoms with Crippen molar-refractivity contribution in [3.05, 3.63) is 70.8 Å². The zero-order valence-electron chi connectivity index (χ0n) is 15.7. The zero-order valence-corrected chi connectivity index (χ0v) is 15.7. The number of hydrogen-bond donors (Lipinski definition) is 2. The van der Waals surface area contributed by atoms with E-state index in [0.717, 1.165) is 23.3 Å². The number of carbonyl (C=O) groups excluding carboxylic acids is 3. The maximum absolute atomic E-state index is 12.8. The van der Waals surface area contributed by atoms with Crippen molar-refractivity contribution in [3.8, 4) is 0 Å². The van der Waals surface area contributed by atoms with E-state index in [1.807, 2.05) is 30.3 Å². The number of rotatable bonds is 5. The molecule has 1 aliphatic heterocycles. The summed E-state index contributed by atoms with van der Waals surface area (Å²) < 4.78 is 0. The SMILES string of the molecule is O=C(NC1(C(=O)O)CCCC1)c1ccc2c(c1)C(=O)N(Cc1ccccc1)C2=O. The van der Waals surface area contributed by atoms with Crippen molar-refractivity contribution >= 4 is 23.7 Å². The summed E-state index contributed by atoms with van der Waals surface area (Å²) in [4.78, 5) is 50.9. The maximum atomic E-state index is 12.8. The molecule has 0 radical (unpaired) electrons. The van der Waals surface area contributed by atoms with Gasteiger partial charge in [0.25, 0.3) is 17.7 Å². The van der Waals surface area contributed by atoms with Gasteiger partial charge in [0.05, 0.1) is 17.7 Å². The van der Waals surface area contributed by atoms with Gasteiger partial charge in [0.1, 0.15) is 5.54 Å². The van der Waals surface area contributed by atoms with Gasteiger partial charge in [-0.1, -0.05) is 43.2 Å². The highest BCUT2D eigenvalue weighted by Crippen LogP contribution is 2.31. The highest BCUT2D eigenvalue weighted by atomic mass is 16.4. The lowest BCUT2D eigenvalue weighted by Gasteiger charge is -2.25. The van der Waals surface area contributed by atoms with Crippen LogP contribution in [0.3, 0.4) is 0 Å². The summed E-state index contributed by atoms with van der Waals surface area (Å²) in [5, 5.41) is 12.2. The van der Waals surface area contributed by atoms with Crippen LogP contribution in [0.2, 0.25) is 0 Å². The average molecular weight is 392 g/mol. The van der Waals surface area contributed by atoms with Gasteiger partial charge < -0.3 is 10.4 Å². The van der Waals surface area contributed by atoms with E-state index < -0.39 is 29.2 Å². The van der Waals surface area contributed by atoms with E-state index in [0.29, 0.717) is 12.8 Å². The normalized spacial score (nSPS) is 17.3. The summed E-state index contributed by atoms with van der Waals surface area (Å²) in [6.45, 7) is 0.150. The first kappa shape index (κ1) is 18.9. The van der Waals surface area contributed by atoms with Gasteiger partial charge in [-0.05, 0) is 36.6 Å². The summed E-state index contributed by atoms with van der Waals surface area (Å²) in [6, 6.07) is 13.5. The van der Waals surface area contributed by atoms with E-state index in [1.165, 1.54) is 18.2 Å². The van der Waals surface area contributed by atoms with Crippen LogP contribution in [0.4, 0.5) is 0 Å². The van der Waals surface area contributed by atoms with Crippen LogP contribution < -0.4 is 5.32 Å². The molecule has 1 aliphatic carbocycles. The molecule has 0 aromatic heterocycles. The lowest BCUT2D eigenvalue weighted by Crippen LogP contribution is -2.52. The Labute approximate surface area is 167 Å². The second-order valence-electron chi connectivity index (χ2n) is 7.49. The standard InChI is InChI=1S/C22H20N2O5/c25-18(23-22(21(28)29)10-4-5-11-22)15-8-9-16-17(12-15)20(27)24(19(16)26)13-14-6-2-1-3-7-14/h1-3,6-9,12H,4-5,10-11,13H2,(H,23,25)(H,28,29). The van der Waals surface area contributed by atoms with Crippen molar-refractivity contribution in [1.82, 2.24) is 10.2 Å². The van der Waals surface area contributed by atoms with Crippen molar-refractivity contribution in [1.29, 1.82) is 0 Å². The Kier molecular flexibility index (Phi) is 4.66. The third kappa shape index (κ3) is 3.29. The Morgan fingerprint density at radius 3 is 2.28 bits per heavy atom. The third-order valence-corrected chi connectivity index (χ3v) is 5.64. The maximum Gasteiger partial charge on any atom is 0.329 e. The fourth-order valence-corrected chi connectivity index (χ4v) is 4.00. The monoisotopic (exact) mass is 392 g/mol. The minimum absolute atomic E-state index is 0.150. The van der Waals surface area contributed by atoms with Crippen LogP contribution in [0.15, 0.2) is 48.5 Å². The third-order valence-electron chi connectivity index (χ3n) is 5.64. The van der Waals surface area contributed by atoms with Crippen LogP contribution in [0, 0.1) is 0 Å². The number of nitrogens with one attached hydrogen (secondary N) is 1. The number of hydrogen-bond acceptors (Lipinski definition) is 4. The molecule has 7 nitrogen and oxygen atoms in total. The van der Waals surface area contributed by atoms with Gasteiger partial charge in [-0.15, -0.1) is 0 Å². The molecule has 1 saturated carbocycles. The quantitative estimate of drug-likeness (QED) is 0.762. The largest absolute Gasteiger partial charge is 0.480 e. The molecule has 4 rings (SSSR count). The van der Waals surface area contributed by atoms with E-state index in [4.69, 9.17) is 0 Å². The molecular weight excluding hydrogens is 372 g/mol. The van der Waals surface area contributed by atoms with Gasteiger partial charge in [0.2, 0.25) is 0 Å². The van der Waals surface area contributed by atoms with Crippen LogP contribution >= 0.6 is 0 Å². The van der Waals surface area contributed by atoms with Crippen molar-refractivity contribution in [2.75, 3.05) is 0 Å². The molecule has 2 aliphatic rings. The van der Waals surface area contributed by atoms with E-state index >= 15 is 0 Å². The molecule has 2 N–H and O–H groups in total. The Bertz CT molecular complexity index is 1010. The molecule has 7 heteroatoms.